The third kappa shape index (κ3) is 12.0. The summed E-state index contributed by atoms with van der Waals surface area (Å²) in [5.41, 5.74) is 0. The highest BCUT2D eigenvalue weighted by Gasteiger charge is 1.95. The molecule has 1 nitrogen and oxygen atoms in total. The second-order valence-electron chi connectivity index (χ2n) is 4.47. The maximum absolute atomic E-state index is 9.05. The van der Waals surface area contributed by atoms with Crippen molar-refractivity contribution in [3.63, 3.8) is 0 Å². The van der Waals surface area contributed by atoms with Crippen molar-refractivity contribution in [1.82, 2.24) is 0 Å². The molecule has 0 saturated heterocycles. The van der Waals surface area contributed by atoms with Crippen LogP contribution in [-0.2, 0) is 0 Å². The Hall–Kier alpha value is -0.0400. The third-order valence-electron chi connectivity index (χ3n) is 2.73. The van der Waals surface area contributed by atoms with Crippen LogP contribution in [0.1, 0.15) is 78.1 Å². The van der Waals surface area contributed by atoms with Crippen LogP contribution in [0.5, 0.6) is 0 Å². The normalized spacial score (nSPS) is 13.1. The first kappa shape index (κ1) is 14.0. The van der Waals surface area contributed by atoms with Crippen LogP contribution in [0.15, 0.2) is 0 Å². The van der Waals surface area contributed by atoms with Gasteiger partial charge < -0.3 is 5.11 Å². The van der Waals surface area contributed by atoms with Crippen LogP contribution in [0, 0.1) is 0 Å². The molecular weight excluding hydrogens is 172 g/mol. The molecule has 0 aromatic rings. The second kappa shape index (κ2) is 11.0. The summed E-state index contributed by atoms with van der Waals surface area (Å²) in [6, 6.07) is 0. The molecule has 1 atom stereocenters. The molecular formula is C13H28O. The summed E-state index contributed by atoms with van der Waals surface area (Å²) < 4.78 is 0. The van der Waals surface area contributed by atoms with Gasteiger partial charge in [0.15, 0.2) is 0 Å². The van der Waals surface area contributed by atoms with Gasteiger partial charge in [-0.05, 0) is 13.3 Å². The van der Waals surface area contributed by atoms with Crippen molar-refractivity contribution in [3.05, 3.63) is 0 Å². The average Bonchev–Trinajstić information content (AvgIpc) is 2.15. The first-order valence-electron chi connectivity index (χ1n) is 6.45. The molecule has 0 fully saturated rings. The van der Waals surface area contributed by atoms with E-state index in [4.69, 9.17) is 5.11 Å². The SMILES string of the molecule is CCCCCCCCCCC[C@@H](C)O. The molecule has 0 amide bonds. The quantitative estimate of drug-likeness (QED) is 0.522. The fraction of sp³-hybridized carbons (Fsp3) is 1.00. The van der Waals surface area contributed by atoms with Crippen LogP contribution in [0.2, 0.25) is 0 Å². The lowest BCUT2D eigenvalue weighted by Crippen LogP contribution is -1.98. The van der Waals surface area contributed by atoms with Gasteiger partial charge in [0, 0.05) is 0 Å². The zero-order valence-electron chi connectivity index (χ0n) is 10.1. The largest absolute Gasteiger partial charge is 0.393 e. The van der Waals surface area contributed by atoms with E-state index < -0.39 is 0 Å². The van der Waals surface area contributed by atoms with Crippen molar-refractivity contribution >= 4 is 0 Å². The Kier molecular flexibility index (Phi) is 11.0. The molecule has 0 radical (unpaired) electrons. The zero-order chi connectivity index (χ0) is 10.6. The molecule has 0 bridgehead atoms. The standard InChI is InChI=1S/C13H28O/c1-3-4-5-6-7-8-9-10-11-12-13(2)14/h13-14H,3-12H2,1-2H3/t13-/m1/s1. The van der Waals surface area contributed by atoms with E-state index in [1.54, 1.807) is 0 Å². The molecule has 0 aliphatic heterocycles. The first-order chi connectivity index (χ1) is 6.77. The van der Waals surface area contributed by atoms with Gasteiger partial charge in [0.25, 0.3) is 0 Å². The van der Waals surface area contributed by atoms with E-state index >= 15 is 0 Å². The molecule has 0 saturated carbocycles. The average molecular weight is 200 g/mol. The number of rotatable bonds is 10. The minimum atomic E-state index is -0.0976. The number of aliphatic hydroxyl groups is 1. The Labute approximate surface area is 89.9 Å². The van der Waals surface area contributed by atoms with Gasteiger partial charge in [0.2, 0.25) is 0 Å². The summed E-state index contributed by atoms with van der Waals surface area (Å²) >= 11 is 0. The zero-order valence-corrected chi connectivity index (χ0v) is 10.1. The van der Waals surface area contributed by atoms with Crippen molar-refractivity contribution in [2.45, 2.75) is 84.2 Å². The lowest BCUT2D eigenvalue weighted by Gasteiger charge is -2.03. The van der Waals surface area contributed by atoms with Gasteiger partial charge in [0.1, 0.15) is 0 Å². The van der Waals surface area contributed by atoms with E-state index in [-0.39, 0.29) is 6.10 Å². The molecule has 0 aromatic heterocycles. The minimum absolute atomic E-state index is 0.0976. The van der Waals surface area contributed by atoms with E-state index in [0.29, 0.717) is 0 Å². The number of hydrogen-bond donors (Lipinski definition) is 1. The van der Waals surface area contributed by atoms with Crippen molar-refractivity contribution in [2.75, 3.05) is 0 Å². The maximum Gasteiger partial charge on any atom is 0.0512 e. The van der Waals surface area contributed by atoms with Crippen LogP contribution in [0.25, 0.3) is 0 Å². The van der Waals surface area contributed by atoms with Crippen LogP contribution < -0.4 is 0 Å². The van der Waals surface area contributed by atoms with Crippen LogP contribution in [0.3, 0.4) is 0 Å². The van der Waals surface area contributed by atoms with E-state index in [1.807, 2.05) is 6.92 Å². The van der Waals surface area contributed by atoms with Crippen molar-refractivity contribution in [2.24, 2.45) is 0 Å². The molecule has 1 N–H and O–H groups in total. The highest BCUT2D eigenvalue weighted by molar-refractivity contribution is 4.50. The molecule has 0 heterocycles. The fourth-order valence-electron chi connectivity index (χ4n) is 1.75. The van der Waals surface area contributed by atoms with Crippen molar-refractivity contribution in [1.29, 1.82) is 0 Å². The molecule has 0 aliphatic rings. The van der Waals surface area contributed by atoms with Gasteiger partial charge in [-0.2, -0.15) is 0 Å². The predicted octanol–water partition coefficient (Wildman–Crippen LogP) is 4.29. The Morgan fingerprint density at radius 3 is 1.64 bits per heavy atom. The van der Waals surface area contributed by atoms with Crippen LogP contribution in [0.4, 0.5) is 0 Å². The molecule has 86 valence electrons. The van der Waals surface area contributed by atoms with Crippen LogP contribution >= 0.6 is 0 Å². The van der Waals surface area contributed by atoms with E-state index in [0.717, 1.165) is 6.42 Å². The third-order valence-corrected chi connectivity index (χ3v) is 2.73. The van der Waals surface area contributed by atoms with E-state index in [1.165, 1.54) is 57.8 Å². The Bertz CT molecular complexity index is 99.4. The van der Waals surface area contributed by atoms with Crippen molar-refractivity contribution < 1.29 is 5.11 Å². The molecule has 0 spiro atoms. The lowest BCUT2D eigenvalue weighted by atomic mass is 10.1. The van der Waals surface area contributed by atoms with Gasteiger partial charge in [-0.15, -0.1) is 0 Å². The summed E-state index contributed by atoms with van der Waals surface area (Å²) in [6.45, 7) is 4.14. The molecule has 1 heteroatoms. The summed E-state index contributed by atoms with van der Waals surface area (Å²) in [5, 5.41) is 9.05. The summed E-state index contributed by atoms with van der Waals surface area (Å²) in [7, 11) is 0. The highest BCUT2D eigenvalue weighted by atomic mass is 16.3. The van der Waals surface area contributed by atoms with E-state index in [9.17, 15) is 0 Å². The monoisotopic (exact) mass is 200 g/mol. The molecule has 0 aliphatic carbocycles. The Morgan fingerprint density at radius 1 is 0.786 bits per heavy atom. The fourth-order valence-corrected chi connectivity index (χ4v) is 1.75. The lowest BCUT2D eigenvalue weighted by molar-refractivity contribution is 0.180. The Balaban J connectivity index is 2.85. The van der Waals surface area contributed by atoms with Crippen LogP contribution in [-0.4, -0.2) is 11.2 Å². The van der Waals surface area contributed by atoms with Gasteiger partial charge in [-0.1, -0.05) is 64.7 Å². The molecule has 0 aromatic carbocycles. The first-order valence-corrected chi connectivity index (χ1v) is 6.45. The van der Waals surface area contributed by atoms with Gasteiger partial charge in [-0.3, -0.25) is 0 Å². The predicted molar refractivity (Wildman–Crippen MR) is 63.5 cm³/mol. The second-order valence-corrected chi connectivity index (χ2v) is 4.47. The summed E-state index contributed by atoms with van der Waals surface area (Å²) in [4.78, 5) is 0. The van der Waals surface area contributed by atoms with E-state index in [2.05, 4.69) is 6.92 Å². The molecule has 0 rings (SSSR count). The maximum atomic E-state index is 9.05. The minimum Gasteiger partial charge on any atom is -0.393 e. The molecule has 0 unspecified atom stereocenters. The number of hydrogen-bond acceptors (Lipinski definition) is 1. The molecule has 14 heavy (non-hydrogen) atoms. The van der Waals surface area contributed by atoms with Gasteiger partial charge >= 0.3 is 0 Å². The number of unbranched alkanes of at least 4 members (excludes halogenated alkanes) is 8. The Morgan fingerprint density at radius 2 is 1.21 bits per heavy atom. The smallest absolute Gasteiger partial charge is 0.0512 e. The van der Waals surface area contributed by atoms with Gasteiger partial charge in [0.05, 0.1) is 6.10 Å². The van der Waals surface area contributed by atoms with Gasteiger partial charge in [-0.25, -0.2) is 0 Å². The summed E-state index contributed by atoms with van der Waals surface area (Å²) in [6.07, 6.45) is 13.1. The number of aliphatic hydroxyl groups excluding tert-OH is 1. The highest BCUT2D eigenvalue weighted by Crippen LogP contribution is 2.10. The topological polar surface area (TPSA) is 20.2 Å². The van der Waals surface area contributed by atoms with Crippen molar-refractivity contribution in [3.8, 4) is 0 Å². The summed E-state index contributed by atoms with van der Waals surface area (Å²) in [5.74, 6) is 0.